The van der Waals surface area contributed by atoms with E-state index in [0.29, 0.717) is 6.04 Å². The van der Waals surface area contributed by atoms with Gasteiger partial charge in [-0.1, -0.05) is 12.2 Å². The zero-order valence-corrected chi connectivity index (χ0v) is 8.25. The van der Waals surface area contributed by atoms with Crippen molar-refractivity contribution in [1.29, 1.82) is 0 Å². The van der Waals surface area contributed by atoms with Gasteiger partial charge >= 0.3 is 0 Å². The zero-order valence-electron chi connectivity index (χ0n) is 8.25. The summed E-state index contributed by atoms with van der Waals surface area (Å²) in [5.41, 5.74) is 1.22. The minimum Gasteiger partial charge on any atom is -0.303 e. The Hall–Kier alpha value is -0.890. The Morgan fingerprint density at radius 3 is 3.31 bits per heavy atom. The molecule has 0 saturated heterocycles. The highest BCUT2D eigenvalue weighted by Crippen LogP contribution is 2.28. The molecule has 0 fully saturated rings. The fraction of sp³-hybridized carbons (Fsp3) is 0.545. The SMILES string of the molecule is CC1CC=NC2=CC=CCC2(C)N1. The highest BCUT2D eigenvalue weighted by atomic mass is 15.1. The predicted molar refractivity (Wildman–Crippen MR) is 56.0 cm³/mol. The van der Waals surface area contributed by atoms with Gasteiger partial charge < -0.3 is 5.32 Å². The van der Waals surface area contributed by atoms with E-state index in [4.69, 9.17) is 0 Å². The minimum atomic E-state index is 0.0567. The fourth-order valence-corrected chi connectivity index (χ4v) is 1.98. The molecule has 0 amide bonds. The van der Waals surface area contributed by atoms with Crippen LogP contribution in [0.1, 0.15) is 26.7 Å². The molecule has 2 unspecified atom stereocenters. The van der Waals surface area contributed by atoms with Crippen molar-refractivity contribution in [1.82, 2.24) is 5.32 Å². The van der Waals surface area contributed by atoms with Gasteiger partial charge in [0.25, 0.3) is 0 Å². The molecule has 0 bridgehead atoms. The van der Waals surface area contributed by atoms with Crippen LogP contribution < -0.4 is 5.32 Å². The number of nitrogens with zero attached hydrogens (tertiary/aromatic N) is 1. The number of aliphatic imine (C=N–C) groups is 1. The van der Waals surface area contributed by atoms with E-state index in [1.54, 1.807) is 0 Å². The third-order valence-corrected chi connectivity index (χ3v) is 2.74. The van der Waals surface area contributed by atoms with Crippen LogP contribution in [0.5, 0.6) is 0 Å². The highest BCUT2D eigenvalue weighted by Gasteiger charge is 2.31. The van der Waals surface area contributed by atoms with Crippen molar-refractivity contribution >= 4 is 6.21 Å². The van der Waals surface area contributed by atoms with Crippen LogP contribution in [0.25, 0.3) is 0 Å². The van der Waals surface area contributed by atoms with Gasteiger partial charge in [0.05, 0.1) is 11.2 Å². The van der Waals surface area contributed by atoms with Gasteiger partial charge in [-0.25, -0.2) is 0 Å². The summed E-state index contributed by atoms with van der Waals surface area (Å²) in [5.74, 6) is 0. The molecule has 2 rings (SSSR count). The van der Waals surface area contributed by atoms with Crippen molar-refractivity contribution in [2.75, 3.05) is 0 Å². The van der Waals surface area contributed by atoms with E-state index in [-0.39, 0.29) is 5.54 Å². The quantitative estimate of drug-likeness (QED) is 0.600. The maximum Gasteiger partial charge on any atom is 0.0617 e. The molecule has 1 heterocycles. The summed E-state index contributed by atoms with van der Waals surface area (Å²) in [6.07, 6.45) is 10.5. The van der Waals surface area contributed by atoms with Crippen LogP contribution in [-0.4, -0.2) is 17.8 Å². The monoisotopic (exact) mass is 176 g/mol. The van der Waals surface area contributed by atoms with Crippen LogP contribution in [0.3, 0.4) is 0 Å². The zero-order chi connectivity index (χ0) is 9.31. The van der Waals surface area contributed by atoms with Gasteiger partial charge in [0.15, 0.2) is 0 Å². The van der Waals surface area contributed by atoms with Crippen molar-refractivity contribution in [3.05, 3.63) is 23.9 Å². The average Bonchev–Trinajstić information content (AvgIpc) is 2.21. The summed E-state index contributed by atoms with van der Waals surface area (Å²) >= 11 is 0. The Morgan fingerprint density at radius 1 is 1.62 bits per heavy atom. The summed E-state index contributed by atoms with van der Waals surface area (Å²) in [4.78, 5) is 4.49. The van der Waals surface area contributed by atoms with Crippen molar-refractivity contribution in [3.63, 3.8) is 0 Å². The Balaban J connectivity index is 2.33. The smallest absolute Gasteiger partial charge is 0.0617 e. The maximum atomic E-state index is 4.49. The highest BCUT2D eigenvalue weighted by molar-refractivity contribution is 5.61. The lowest BCUT2D eigenvalue weighted by atomic mass is 9.89. The van der Waals surface area contributed by atoms with E-state index in [1.165, 1.54) is 5.70 Å². The fourth-order valence-electron chi connectivity index (χ4n) is 1.98. The number of nitrogens with one attached hydrogen (secondary N) is 1. The summed E-state index contributed by atoms with van der Waals surface area (Å²) in [5, 5.41) is 3.61. The first-order chi connectivity index (χ1) is 6.21. The van der Waals surface area contributed by atoms with Crippen molar-refractivity contribution in [3.8, 4) is 0 Å². The topological polar surface area (TPSA) is 24.4 Å². The van der Waals surface area contributed by atoms with Gasteiger partial charge in [0.2, 0.25) is 0 Å². The van der Waals surface area contributed by atoms with Gasteiger partial charge in [-0.15, -0.1) is 0 Å². The molecular formula is C11H16N2. The van der Waals surface area contributed by atoms with E-state index >= 15 is 0 Å². The molecule has 2 atom stereocenters. The van der Waals surface area contributed by atoms with Crippen molar-refractivity contribution < 1.29 is 0 Å². The molecular weight excluding hydrogens is 160 g/mol. The lowest BCUT2D eigenvalue weighted by molar-refractivity contribution is 0.374. The third kappa shape index (κ3) is 1.59. The Bertz CT molecular complexity index is 288. The number of hydrogen-bond donors (Lipinski definition) is 1. The maximum absolute atomic E-state index is 4.49. The third-order valence-electron chi connectivity index (χ3n) is 2.74. The minimum absolute atomic E-state index is 0.0567. The van der Waals surface area contributed by atoms with Gasteiger partial charge in [0.1, 0.15) is 0 Å². The molecule has 2 heteroatoms. The molecule has 1 aliphatic heterocycles. The number of fused-ring (bicyclic) bond motifs is 1. The first kappa shape index (κ1) is 8.70. The molecule has 0 aromatic carbocycles. The summed E-state index contributed by atoms with van der Waals surface area (Å²) in [6.45, 7) is 4.43. The Kier molecular flexibility index (Phi) is 2.08. The molecule has 13 heavy (non-hydrogen) atoms. The van der Waals surface area contributed by atoms with Gasteiger partial charge in [-0.3, -0.25) is 4.99 Å². The van der Waals surface area contributed by atoms with E-state index in [1.807, 2.05) is 6.21 Å². The van der Waals surface area contributed by atoms with Crippen molar-refractivity contribution in [2.45, 2.75) is 38.3 Å². The second kappa shape index (κ2) is 3.11. The van der Waals surface area contributed by atoms with Gasteiger partial charge in [-0.05, 0) is 32.8 Å². The molecule has 1 N–H and O–H groups in total. The van der Waals surface area contributed by atoms with E-state index in [0.717, 1.165) is 12.8 Å². The van der Waals surface area contributed by atoms with Crippen molar-refractivity contribution in [2.24, 2.45) is 4.99 Å². The lowest BCUT2D eigenvalue weighted by Gasteiger charge is -2.33. The van der Waals surface area contributed by atoms with Crippen LogP contribution in [0.2, 0.25) is 0 Å². The second-order valence-corrected chi connectivity index (χ2v) is 4.11. The molecule has 2 nitrogen and oxygen atoms in total. The van der Waals surface area contributed by atoms with Crippen LogP contribution in [0.15, 0.2) is 28.9 Å². The molecule has 0 aromatic heterocycles. The van der Waals surface area contributed by atoms with Crippen LogP contribution in [0.4, 0.5) is 0 Å². The number of allylic oxidation sites excluding steroid dienone is 2. The molecule has 0 spiro atoms. The summed E-state index contributed by atoms with van der Waals surface area (Å²) in [7, 11) is 0. The first-order valence-electron chi connectivity index (χ1n) is 4.88. The van der Waals surface area contributed by atoms with Crippen LogP contribution in [0, 0.1) is 0 Å². The largest absolute Gasteiger partial charge is 0.303 e. The van der Waals surface area contributed by atoms with Gasteiger partial charge in [-0.2, -0.15) is 0 Å². The van der Waals surface area contributed by atoms with Gasteiger partial charge in [0, 0.05) is 12.3 Å². The Morgan fingerprint density at radius 2 is 2.46 bits per heavy atom. The lowest BCUT2D eigenvalue weighted by Crippen LogP contribution is -2.47. The standard InChI is InChI=1S/C11H16N2/c1-9-6-8-12-10-5-3-4-7-11(10,2)13-9/h3-5,8-9,13H,6-7H2,1-2H3. The van der Waals surface area contributed by atoms with Crippen LogP contribution >= 0.6 is 0 Å². The molecule has 0 radical (unpaired) electrons. The molecule has 70 valence electrons. The molecule has 2 aliphatic rings. The van der Waals surface area contributed by atoms with E-state index in [9.17, 15) is 0 Å². The summed E-state index contributed by atoms with van der Waals surface area (Å²) < 4.78 is 0. The predicted octanol–water partition coefficient (Wildman–Crippen LogP) is 2.04. The van der Waals surface area contributed by atoms with Crippen LogP contribution in [-0.2, 0) is 0 Å². The molecule has 0 saturated carbocycles. The molecule has 0 aromatic rings. The summed E-state index contributed by atoms with van der Waals surface area (Å²) in [6, 6.07) is 0.520. The Labute approximate surface area is 79.4 Å². The molecule has 1 aliphatic carbocycles. The van der Waals surface area contributed by atoms with E-state index < -0.39 is 0 Å². The average molecular weight is 176 g/mol. The van der Waals surface area contributed by atoms with E-state index in [2.05, 4.69) is 42.4 Å². The normalized spacial score (nSPS) is 38.0. The number of rotatable bonds is 0. The second-order valence-electron chi connectivity index (χ2n) is 4.11. The number of hydrogen-bond acceptors (Lipinski definition) is 2. The first-order valence-corrected chi connectivity index (χ1v) is 4.88.